The van der Waals surface area contributed by atoms with Crippen molar-refractivity contribution in [3.05, 3.63) is 19.8 Å². The van der Waals surface area contributed by atoms with Gasteiger partial charge in [0.2, 0.25) is 11.8 Å². The second-order valence-corrected chi connectivity index (χ2v) is 7.30. The lowest BCUT2D eigenvalue weighted by Gasteiger charge is -2.31. The molecule has 0 bridgehead atoms. The minimum Gasteiger partial charge on any atom is -0.296 e. The first-order valence-corrected chi connectivity index (χ1v) is 7.67. The fraction of sp³-hybridized carbons (Fsp3) is 0.500. The van der Waals surface area contributed by atoms with Crippen LogP contribution in [0.4, 0.5) is 0 Å². The summed E-state index contributed by atoms with van der Waals surface area (Å²) >= 11 is 10.8. The average Bonchev–Trinajstić information content (AvgIpc) is 2.57. The van der Waals surface area contributed by atoms with Gasteiger partial charge < -0.3 is 0 Å². The Morgan fingerprint density at radius 2 is 2.17 bits per heavy atom. The predicted molar refractivity (Wildman–Crippen MR) is 75.9 cm³/mol. The van der Waals surface area contributed by atoms with Gasteiger partial charge in [-0.05, 0) is 27.9 Å². The number of rotatable bonds is 2. The van der Waals surface area contributed by atoms with Crippen LogP contribution in [0.25, 0.3) is 0 Å². The number of imide groups is 1. The number of thiophene rings is 1. The number of amides is 2. The van der Waals surface area contributed by atoms with Crippen LogP contribution in [-0.2, 0) is 9.59 Å². The highest BCUT2D eigenvalue weighted by Crippen LogP contribution is 2.43. The zero-order valence-corrected chi connectivity index (χ0v) is 13.2. The van der Waals surface area contributed by atoms with Crippen molar-refractivity contribution in [1.29, 1.82) is 0 Å². The molecule has 2 atom stereocenters. The Bertz CT molecular complexity index is 481. The van der Waals surface area contributed by atoms with E-state index in [1.165, 1.54) is 11.3 Å². The first kappa shape index (κ1) is 14.0. The highest BCUT2D eigenvalue weighted by molar-refractivity contribution is 9.10. The minimum absolute atomic E-state index is 0.0694. The fourth-order valence-corrected chi connectivity index (χ4v) is 4.26. The second kappa shape index (κ2) is 5.31. The van der Waals surface area contributed by atoms with Crippen LogP contribution in [0.1, 0.15) is 31.1 Å². The van der Waals surface area contributed by atoms with Crippen LogP contribution in [0, 0.1) is 11.8 Å². The molecule has 1 N–H and O–H groups in total. The number of carbonyl (C=O) groups is 2. The number of halogens is 2. The van der Waals surface area contributed by atoms with Crippen molar-refractivity contribution in [3.8, 4) is 0 Å². The highest BCUT2D eigenvalue weighted by Gasteiger charge is 2.39. The molecular weight excluding hydrogens is 338 g/mol. The van der Waals surface area contributed by atoms with Gasteiger partial charge in [0, 0.05) is 27.6 Å². The van der Waals surface area contributed by atoms with Crippen molar-refractivity contribution in [1.82, 2.24) is 5.32 Å². The van der Waals surface area contributed by atoms with Gasteiger partial charge in [-0.15, -0.1) is 11.3 Å². The Morgan fingerprint density at radius 3 is 2.67 bits per heavy atom. The maximum absolute atomic E-state index is 11.9. The van der Waals surface area contributed by atoms with Gasteiger partial charge in [-0.1, -0.05) is 25.4 Å². The Labute approximate surface area is 123 Å². The zero-order valence-electron chi connectivity index (χ0n) is 10.00. The van der Waals surface area contributed by atoms with Crippen LogP contribution in [0.5, 0.6) is 0 Å². The quantitative estimate of drug-likeness (QED) is 0.829. The predicted octanol–water partition coefficient (Wildman–Crippen LogP) is 3.57. The lowest BCUT2D eigenvalue weighted by Crippen LogP contribution is -2.46. The molecule has 1 aromatic heterocycles. The molecule has 1 aliphatic heterocycles. The van der Waals surface area contributed by atoms with Crippen molar-refractivity contribution in [2.75, 3.05) is 0 Å². The van der Waals surface area contributed by atoms with E-state index in [0.29, 0.717) is 10.8 Å². The summed E-state index contributed by atoms with van der Waals surface area (Å²) in [6.45, 7) is 3.99. The molecule has 18 heavy (non-hydrogen) atoms. The van der Waals surface area contributed by atoms with E-state index in [1.807, 2.05) is 19.9 Å². The van der Waals surface area contributed by atoms with Crippen LogP contribution in [-0.4, -0.2) is 11.8 Å². The van der Waals surface area contributed by atoms with E-state index in [2.05, 4.69) is 21.2 Å². The molecule has 1 aromatic rings. The summed E-state index contributed by atoms with van der Waals surface area (Å²) in [6, 6.07) is 1.92. The van der Waals surface area contributed by atoms with Crippen LogP contribution in [0.3, 0.4) is 0 Å². The van der Waals surface area contributed by atoms with Gasteiger partial charge in [0.1, 0.15) is 4.34 Å². The lowest BCUT2D eigenvalue weighted by atomic mass is 9.77. The van der Waals surface area contributed by atoms with Crippen LogP contribution in [0.2, 0.25) is 4.34 Å². The SMILES string of the molecule is CC(C)C1C(=O)NC(=O)CC1c1cc(Br)c(Cl)s1. The van der Waals surface area contributed by atoms with Crippen LogP contribution >= 0.6 is 38.9 Å². The smallest absolute Gasteiger partial charge is 0.230 e. The van der Waals surface area contributed by atoms with E-state index in [4.69, 9.17) is 11.6 Å². The van der Waals surface area contributed by atoms with Crippen LogP contribution in [0.15, 0.2) is 10.5 Å². The molecule has 0 aliphatic carbocycles. The molecule has 2 rings (SSSR count). The van der Waals surface area contributed by atoms with Gasteiger partial charge in [0.15, 0.2) is 0 Å². The average molecular weight is 351 g/mol. The molecule has 0 aromatic carbocycles. The summed E-state index contributed by atoms with van der Waals surface area (Å²) in [5.41, 5.74) is 0. The number of hydrogen-bond donors (Lipinski definition) is 1. The molecule has 1 fully saturated rings. The third-order valence-electron chi connectivity index (χ3n) is 3.15. The van der Waals surface area contributed by atoms with E-state index in [-0.39, 0.29) is 29.6 Å². The molecule has 2 amide bonds. The molecule has 0 spiro atoms. The number of hydrogen-bond acceptors (Lipinski definition) is 3. The molecule has 0 radical (unpaired) electrons. The van der Waals surface area contributed by atoms with E-state index in [0.717, 1.165) is 9.35 Å². The molecule has 2 unspecified atom stereocenters. The van der Waals surface area contributed by atoms with Gasteiger partial charge >= 0.3 is 0 Å². The molecule has 6 heteroatoms. The maximum Gasteiger partial charge on any atom is 0.230 e. The largest absolute Gasteiger partial charge is 0.296 e. The van der Waals surface area contributed by atoms with Gasteiger partial charge in [-0.3, -0.25) is 14.9 Å². The van der Waals surface area contributed by atoms with Gasteiger partial charge in [-0.25, -0.2) is 0 Å². The van der Waals surface area contributed by atoms with E-state index in [1.54, 1.807) is 0 Å². The minimum atomic E-state index is -0.206. The summed E-state index contributed by atoms with van der Waals surface area (Å²) < 4.78 is 1.48. The molecule has 3 nitrogen and oxygen atoms in total. The molecule has 0 saturated carbocycles. The van der Waals surface area contributed by atoms with Crippen molar-refractivity contribution in [2.45, 2.75) is 26.2 Å². The van der Waals surface area contributed by atoms with Crippen molar-refractivity contribution in [2.24, 2.45) is 11.8 Å². The molecule has 1 saturated heterocycles. The summed E-state index contributed by atoms with van der Waals surface area (Å²) in [6.07, 6.45) is 0.345. The molecular formula is C12H13BrClNO2S. The fourth-order valence-electron chi connectivity index (χ4n) is 2.37. The standard InChI is InChI=1S/C12H13BrClNO2S/c1-5(2)10-6(3-9(16)15-12(10)17)8-4-7(13)11(14)18-8/h4-6,10H,3H2,1-2H3,(H,15,16,17). The summed E-state index contributed by atoms with van der Waals surface area (Å²) in [7, 11) is 0. The zero-order chi connectivity index (χ0) is 13.4. The number of nitrogens with one attached hydrogen (secondary N) is 1. The van der Waals surface area contributed by atoms with Crippen molar-refractivity contribution >= 4 is 50.7 Å². The Balaban J connectivity index is 2.37. The summed E-state index contributed by atoms with van der Waals surface area (Å²) in [5, 5.41) is 2.41. The number of piperidine rings is 1. The van der Waals surface area contributed by atoms with Crippen molar-refractivity contribution in [3.63, 3.8) is 0 Å². The summed E-state index contributed by atoms with van der Waals surface area (Å²) in [5.74, 6) is -0.443. The lowest BCUT2D eigenvalue weighted by molar-refractivity contribution is -0.138. The van der Waals surface area contributed by atoms with Crippen LogP contribution < -0.4 is 5.32 Å². The Kier molecular flexibility index (Phi) is 4.14. The van der Waals surface area contributed by atoms with E-state index >= 15 is 0 Å². The third-order valence-corrected chi connectivity index (χ3v) is 5.76. The number of carbonyl (C=O) groups excluding carboxylic acids is 2. The first-order valence-electron chi connectivity index (χ1n) is 5.68. The van der Waals surface area contributed by atoms with Gasteiger partial charge in [0.05, 0.1) is 0 Å². The van der Waals surface area contributed by atoms with Crippen molar-refractivity contribution < 1.29 is 9.59 Å². The highest BCUT2D eigenvalue weighted by atomic mass is 79.9. The second-order valence-electron chi connectivity index (χ2n) is 4.76. The Morgan fingerprint density at radius 1 is 1.50 bits per heavy atom. The monoisotopic (exact) mass is 349 g/mol. The van der Waals surface area contributed by atoms with E-state index in [9.17, 15) is 9.59 Å². The van der Waals surface area contributed by atoms with Gasteiger partial charge in [-0.2, -0.15) is 0 Å². The van der Waals surface area contributed by atoms with Gasteiger partial charge in [0.25, 0.3) is 0 Å². The summed E-state index contributed by atoms with van der Waals surface area (Å²) in [4.78, 5) is 24.5. The van der Waals surface area contributed by atoms with E-state index < -0.39 is 0 Å². The Hall–Kier alpha value is -0.390. The first-order chi connectivity index (χ1) is 8.40. The maximum atomic E-state index is 11.9. The molecule has 1 aliphatic rings. The molecule has 2 heterocycles. The normalized spacial score (nSPS) is 24.5. The third kappa shape index (κ3) is 2.63. The topological polar surface area (TPSA) is 46.2 Å². The molecule has 98 valence electrons.